The molecule has 0 aliphatic carbocycles. The molecule has 45 heavy (non-hydrogen) atoms. The predicted molar refractivity (Wildman–Crippen MR) is 175 cm³/mol. The lowest BCUT2D eigenvalue weighted by Gasteiger charge is -2.23. The molecule has 1 aliphatic heterocycles. The highest BCUT2D eigenvalue weighted by molar-refractivity contribution is 6.27. The summed E-state index contributed by atoms with van der Waals surface area (Å²) >= 11 is 0. The number of rotatable bonds is 12. The summed E-state index contributed by atoms with van der Waals surface area (Å²) in [6, 6.07) is 29.2. The Hall–Kier alpha value is -5.10. The van der Waals surface area contributed by atoms with Crippen LogP contribution in [0.3, 0.4) is 0 Å². The first-order chi connectivity index (χ1) is 22.1. The zero-order chi connectivity index (χ0) is 31.2. The number of hydrogen-bond donors (Lipinski definition) is 0. The molecule has 0 bridgehead atoms. The van der Waals surface area contributed by atoms with Gasteiger partial charge in [-0.05, 0) is 53.3 Å². The van der Waals surface area contributed by atoms with Crippen LogP contribution in [0.4, 0.5) is 4.39 Å². The molecule has 5 nitrogen and oxygen atoms in total. The fraction of sp³-hybridized carbons (Fsp3) is 0.205. The van der Waals surface area contributed by atoms with Crippen LogP contribution in [0.1, 0.15) is 88.1 Å². The topological polar surface area (TPSA) is 59.5 Å². The van der Waals surface area contributed by atoms with E-state index in [2.05, 4.69) is 13.0 Å². The summed E-state index contributed by atoms with van der Waals surface area (Å²) in [4.78, 5) is 34.5. The van der Waals surface area contributed by atoms with E-state index in [4.69, 9.17) is 9.72 Å². The minimum Gasteiger partial charge on any atom is -0.478 e. The minimum atomic E-state index is -0.560. The summed E-state index contributed by atoms with van der Waals surface area (Å²) in [7, 11) is 0. The second-order valence-corrected chi connectivity index (χ2v) is 11.3. The van der Waals surface area contributed by atoms with E-state index in [-0.39, 0.29) is 23.7 Å². The molecule has 1 aromatic heterocycles. The van der Waals surface area contributed by atoms with Crippen molar-refractivity contribution in [2.24, 2.45) is 0 Å². The SMILES string of the molecule is CCCCCCC=Cc1c2c(c(OC(c3ccccc3)c3ccccc3)c3ncccc13)C(=O)N(Cc1ccc(F)cc1)C2=O. The zero-order valence-corrected chi connectivity index (χ0v) is 25.3. The molecule has 226 valence electrons. The van der Waals surface area contributed by atoms with Crippen LogP contribution in [0, 0.1) is 5.82 Å². The van der Waals surface area contributed by atoms with E-state index in [1.165, 1.54) is 23.5 Å². The highest BCUT2D eigenvalue weighted by Crippen LogP contribution is 2.43. The number of fused-ring (bicyclic) bond motifs is 2. The summed E-state index contributed by atoms with van der Waals surface area (Å²) in [5.41, 5.74) is 4.14. The highest BCUT2D eigenvalue weighted by atomic mass is 19.1. The Balaban J connectivity index is 1.51. The third kappa shape index (κ3) is 6.27. The fourth-order valence-electron chi connectivity index (χ4n) is 5.89. The number of amides is 2. The summed E-state index contributed by atoms with van der Waals surface area (Å²) in [5, 5.41) is 0.737. The molecule has 0 saturated carbocycles. The van der Waals surface area contributed by atoms with Crippen molar-refractivity contribution in [1.82, 2.24) is 9.88 Å². The first-order valence-corrected chi connectivity index (χ1v) is 15.5. The van der Waals surface area contributed by atoms with Crippen molar-refractivity contribution in [3.8, 4) is 5.75 Å². The van der Waals surface area contributed by atoms with Gasteiger partial charge in [-0.1, -0.05) is 117 Å². The van der Waals surface area contributed by atoms with E-state index >= 15 is 0 Å². The maximum absolute atomic E-state index is 14.3. The van der Waals surface area contributed by atoms with E-state index in [0.717, 1.165) is 42.2 Å². The number of hydrogen-bond acceptors (Lipinski definition) is 4. The first-order valence-electron chi connectivity index (χ1n) is 15.5. The van der Waals surface area contributed by atoms with Crippen LogP contribution in [0.15, 0.2) is 109 Å². The van der Waals surface area contributed by atoms with Gasteiger partial charge in [0.1, 0.15) is 17.4 Å². The van der Waals surface area contributed by atoms with Gasteiger partial charge in [-0.2, -0.15) is 0 Å². The molecule has 0 saturated heterocycles. The second kappa shape index (κ2) is 13.7. The third-order valence-electron chi connectivity index (χ3n) is 8.18. The Morgan fingerprint density at radius 3 is 2.13 bits per heavy atom. The molecule has 0 fully saturated rings. The number of ether oxygens (including phenoxy) is 1. The van der Waals surface area contributed by atoms with Gasteiger partial charge < -0.3 is 4.74 Å². The number of carbonyl (C=O) groups excluding carboxylic acids is 2. The van der Waals surface area contributed by atoms with Crippen molar-refractivity contribution in [3.63, 3.8) is 0 Å². The Labute approximate surface area is 263 Å². The van der Waals surface area contributed by atoms with Gasteiger partial charge in [0.2, 0.25) is 0 Å². The average Bonchev–Trinajstić information content (AvgIpc) is 3.32. The average molecular weight is 599 g/mol. The lowest BCUT2D eigenvalue weighted by atomic mass is 9.95. The van der Waals surface area contributed by atoms with E-state index < -0.39 is 17.9 Å². The summed E-state index contributed by atoms with van der Waals surface area (Å²) in [5.74, 6) is -0.970. The molecule has 2 heterocycles. The van der Waals surface area contributed by atoms with Crippen molar-refractivity contribution >= 4 is 28.8 Å². The number of carbonyl (C=O) groups is 2. The van der Waals surface area contributed by atoms with Gasteiger partial charge in [-0.15, -0.1) is 0 Å². The van der Waals surface area contributed by atoms with E-state index in [1.807, 2.05) is 78.9 Å². The lowest BCUT2D eigenvalue weighted by molar-refractivity contribution is 0.0640. The molecule has 2 amide bonds. The van der Waals surface area contributed by atoms with Crippen molar-refractivity contribution in [1.29, 1.82) is 0 Å². The van der Waals surface area contributed by atoms with E-state index in [0.29, 0.717) is 22.2 Å². The third-order valence-corrected chi connectivity index (χ3v) is 8.18. The first kappa shape index (κ1) is 29.9. The number of nitrogens with zero attached hydrogens (tertiary/aromatic N) is 2. The van der Waals surface area contributed by atoms with Gasteiger partial charge in [0.05, 0.1) is 17.7 Å². The maximum Gasteiger partial charge on any atom is 0.265 e. The number of unbranched alkanes of at least 4 members (excludes halogenated alkanes) is 4. The van der Waals surface area contributed by atoms with Crippen LogP contribution >= 0.6 is 0 Å². The normalized spacial score (nSPS) is 12.9. The van der Waals surface area contributed by atoms with E-state index in [1.54, 1.807) is 18.3 Å². The number of halogens is 1. The Kier molecular flexibility index (Phi) is 9.11. The second-order valence-electron chi connectivity index (χ2n) is 11.3. The molecule has 4 aromatic carbocycles. The van der Waals surface area contributed by atoms with Crippen molar-refractivity contribution in [2.45, 2.75) is 51.7 Å². The molecular weight excluding hydrogens is 563 g/mol. The van der Waals surface area contributed by atoms with Gasteiger partial charge in [0.25, 0.3) is 11.8 Å². The van der Waals surface area contributed by atoms with Crippen LogP contribution < -0.4 is 4.74 Å². The van der Waals surface area contributed by atoms with Crippen LogP contribution in [-0.4, -0.2) is 21.7 Å². The maximum atomic E-state index is 14.3. The molecule has 0 N–H and O–H groups in total. The molecule has 0 spiro atoms. The van der Waals surface area contributed by atoms with Crippen LogP contribution in [0.25, 0.3) is 17.0 Å². The molecule has 1 aliphatic rings. The number of benzene rings is 4. The highest BCUT2D eigenvalue weighted by Gasteiger charge is 2.42. The lowest BCUT2D eigenvalue weighted by Crippen LogP contribution is -2.29. The van der Waals surface area contributed by atoms with Gasteiger partial charge >= 0.3 is 0 Å². The Morgan fingerprint density at radius 1 is 0.800 bits per heavy atom. The summed E-state index contributed by atoms with van der Waals surface area (Å²) in [6.45, 7) is 2.19. The zero-order valence-electron chi connectivity index (χ0n) is 25.3. The van der Waals surface area contributed by atoms with Crippen LogP contribution in [-0.2, 0) is 6.54 Å². The van der Waals surface area contributed by atoms with Crippen molar-refractivity contribution in [3.05, 3.63) is 149 Å². The number of aromatic nitrogens is 1. The molecular formula is C39H35FN2O3. The predicted octanol–water partition coefficient (Wildman–Crippen LogP) is 9.32. The molecule has 0 atom stereocenters. The molecule has 0 radical (unpaired) electrons. The number of imide groups is 1. The van der Waals surface area contributed by atoms with Crippen molar-refractivity contribution < 1.29 is 18.7 Å². The number of pyridine rings is 1. The van der Waals surface area contributed by atoms with Gasteiger partial charge in [0, 0.05) is 11.6 Å². The monoisotopic (exact) mass is 598 g/mol. The Morgan fingerprint density at radius 2 is 1.47 bits per heavy atom. The van der Waals surface area contributed by atoms with Gasteiger partial charge in [-0.25, -0.2) is 4.39 Å². The largest absolute Gasteiger partial charge is 0.478 e. The molecule has 0 unspecified atom stereocenters. The summed E-state index contributed by atoms with van der Waals surface area (Å²) in [6.07, 6.45) is 10.5. The van der Waals surface area contributed by atoms with Gasteiger partial charge in [0.15, 0.2) is 5.75 Å². The molecule has 5 aromatic rings. The summed E-state index contributed by atoms with van der Waals surface area (Å²) < 4.78 is 20.5. The number of allylic oxidation sites excluding steroid dienone is 1. The standard InChI is InChI=1S/C39H35FN2O3/c1-2-3-4-5-6-13-19-31-32-20-14-25-41-35(32)37(45-36(28-15-9-7-10-16-28)29-17-11-8-12-18-29)34-33(31)38(43)42(39(34)44)26-27-21-23-30(40)24-22-27/h7-25,36H,2-6,26H2,1H3. The van der Waals surface area contributed by atoms with Gasteiger partial charge in [-0.3, -0.25) is 19.5 Å². The smallest absolute Gasteiger partial charge is 0.265 e. The van der Waals surface area contributed by atoms with Crippen LogP contribution in [0.2, 0.25) is 0 Å². The van der Waals surface area contributed by atoms with E-state index in [9.17, 15) is 14.0 Å². The molecule has 6 rings (SSSR count). The Bertz CT molecular complexity index is 1800. The van der Waals surface area contributed by atoms with Crippen molar-refractivity contribution in [2.75, 3.05) is 0 Å². The fourth-order valence-corrected chi connectivity index (χ4v) is 5.89. The van der Waals surface area contributed by atoms with Crippen LogP contribution in [0.5, 0.6) is 5.75 Å². The molecule has 6 heteroatoms. The minimum absolute atomic E-state index is 0.0107. The quantitative estimate of drug-likeness (QED) is 0.106.